The zero-order valence-electron chi connectivity index (χ0n) is 12.7. The standard InChI is InChI=1S/C18H14F3NO2/c19-10-8-14(20)13(15(21)9-10)4-5-16(23)11-3-6-17(24)18-12(11)2-1-7-22-18/h1-2,7-9,11H,3-6H2/t11-/m1/s1. The van der Waals surface area contributed by atoms with E-state index in [0.717, 1.165) is 0 Å². The number of benzene rings is 1. The maximum Gasteiger partial charge on any atom is 0.181 e. The zero-order chi connectivity index (χ0) is 17.3. The summed E-state index contributed by atoms with van der Waals surface area (Å²) in [7, 11) is 0. The number of ketones is 2. The van der Waals surface area contributed by atoms with E-state index in [1.807, 2.05) is 0 Å². The molecule has 2 aromatic rings. The number of hydrogen-bond donors (Lipinski definition) is 0. The van der Waals surface area contributed by atoms with Crippen molar-refractivity contribution in [3.05, 3.63) is 64.7 Å². The number of Topliss-reactive ketones (excluding diaryl/α,β-unsaturated/α-hetero) is 2. The number of fused-ring (bicyclic) bond motifs is 1. The van der Waals surface area contributed by atoms with Crippen molar-refractivity contribution in [3.63, 3.8) is 0 Å². The highest BCUT2D eigenvalue weighted by Crippen LogP contribution is 2.32. The molecule has 0 aliphatic heterocycles. The Morgan fingerprint density at radius 3 is 2.62 bits per heavy atom. The van der Waals surface area contributed by atoms with Crippen molar-refractivity contribution in [1.29, 1.82) is 0 Å². The first-order valence-corrected chi connectivity index (χ1v) is 7.61. The molecule has 3 nitrogen and oxygen atoms in total. The molecule has 1 aromatic carbocycles. The van der Waals surface area contributed by atoms with Crippen LogP contribution in [-0.4, -0.2) is 16.6 Å². The van der Waals surface area contributed by atoms with Gasteiger partial charge in [0.1, 0.15) is 28.9 Å². The molecule has 1 aliphatic carbocycles. The topological polar surface area (TPSA) is 47.0 Å². The van der Waals surface area contributed by atoms with E-state index in [4.69, 9.17) is 0 Å². The maximum atomic E-state index is 13.6. The van der Waals surface area contributed by atoms with Gasteiger partial charge in [-0.25, -0.2) is 13.2 Å². The highest BCUT2D eigenvalue weighted by molar-refractivity contribution is 6.00. The van der Waals surface area contributed by atoms with E-state index in [1.54, 1.807) is 12.1 Å². The smallest absolute Gasteiger partial charge is 0.181 e. The van der Waals surface area contributed by atoms with Crippen LogP contribution in [0.25, 0.3) is 0 Å². The highest BCUT2D eigenvalue weighted by atomic mass is 19.1. The van der Waals surface area contributed by atoms with Crippen LogP contribution in [0.3, 0.4) is 0 Å². The summed E-state index contributed by atoms with van der Waals surface area (Å²) in [5.41, 5.74) is 0.558. The number of carbonyl (C=O) groups is 2. The van der Waals surface area contributed by atoms with Gasteiger partial charge in [-0.05, 0) is 24.5 Å². The maximum absolute atomic E-state index is 13.6. The molecule has 24 heavy (non-hydrogen) atoms. The summed E-state index contributed by atoms with van der Waals surface area (Å²) < 4.78 is 40.2. The van der Waals surface area contributed by atoms with Crippen LogP contribution in [0.4, 0.5) is 13.2 Å². The normalized spacial score (nSPS) is 16.8. The number of carbonyl (C=O) groups excluding carboxylic acids is 2. The van der Waals surface area contributed by atoms with Crippen LogP contribution in [0.1, 0.15) is 46.8 Å². The number of aromatic nitrogens is 1. The van der Waals surface area contributed by atoms with Gasteiger partial charge in [-0.15, -0.1) is 0 Å². The lowest BCUT2D eigenvalue weighted by atomic mass is 9.81. The number of halogens is 3. The molecule has 1 aliphatic rings. The molecule has 1 aromatic heterocycles. The number of nitrogens with zero attached hydrogens (tertiary/aromatic N) is 1. The minimum atomic E-state index is -0.999. The van der Waals surface area contributed by atoms with Crippen LogP contribution in [0.15, 0.2) is 30.5 Å². The van der Waals surface area contributed by atoms with E-state index >= 15 is 0 Å². The average molecular weight is 333 g/mol. The molecule has 0 saturated carbocycles. The van der Waals surface area contributed by atoms with E-state index in [9.17, 15) is 22.8 Å². The molecule has 0 bridgehead atoms. The van der Waals surface area contributed by atoms with Crippen LogP contribution in [0, 0.1) is 17.5 Å². The second-order valence-corrected chi connectivity index (χ2v) is 5.77. The molecule has 124 valence electrons. The molecule has 1 heterocycles. The molecule has 0 saturated heterocycles. The van der Waals surface area contributed by atoms with E-state index in [-0.39, 0.29) is 36.4 Å². The second-order valence-electron chi connectivity index (χ2n) is 5.77. The van der Waals surface area contributed by atoms with Gasteiger partial charge in [0.2, 0.25) is 0 Å². The van der Waals surface area contributed by atoms with E-state index in [0.29, 0.717) is 29.8 Å². The summed E-state index contributed by atoms with van der Waals surface area (Å²) in [6, 6.07) is 4.53. The fourth-order valence-corrected chi connectivity index (χ4v) is 3.05. The molecule has 0 radical (unpaired) electrons. The second kappa shape index (κ2) is 6.55. The third-order valence-electron chi connectivity index (χ3n) is 4.25. The van der Waals surface area contributed by atoms with Crippen LogP contribution < -0.4 is 0 Å². The third kappa shape index (κ3) is 3.09. The predicted octanol–water partition coefficient (Wildman–Crippen LogP) is 3.76. The Morgan fingerprint density at radius 1 is 1.21 bits per heavy atom. The quantitative estimate of drug-likeness (QED) is 0.856. The Labute approximate surface area is 136 Å². The van der Waals surface area contributed by atoms with Crippen molar-refractivity contribution in [2.75, 3.05) is 0 Å². The summed E-state index contributed by atoms with van der Waals surface area (Å²) in [6.07, 6.45) is 1.83. The molecule has 0 unspecified atom stereocenters. The Hall–Kier alpha value is -2.50. The summed E-state index contributed by atoms with van der Waals surface area (Å²) in [5, 5.41) is 0. The first kappa shape index (κ1) is 16.4. The Morgan fingerprint density at radius 2 is 1.92 bits per heavy atom. The van der Waals surface area contributed by atoms with Crippen LogP contribution >= 0.6 is 0 Å². The number of rotatable bonds is 4. The van der Waals surface area contributed by atoms with Gasteiger partial charge in [-0.3, -0.25) is 14.6 Å². The Balaban J connectivity index is 1.77. The minimum Gasteiger partial charge on any atom is -0.299 e. The molecule has 0 fully saturated rings. The minimum absolute atomic E-state index is 0.0906. The summed E-state index contributed by atoms with van der Waals surface area (Å²) in [4.78, 5) is 28.3. The van der Waals surface area contributed by atoms with Crippen LogP contribution in [0.2, 0.25) is 0 Å². The molecular weight excluding hydrogens is 319 g/mol. The molecule has 0 amide bonds. The molecule has 0 N–H and O–H groups in total. The monoisotopic (exact) mass is 333 g/mol. The highest BCUT2D eigenvalue weighted by Gasteiger charge is 2.31. The van der Waals surface area contributed by atoms with Gasteiger partial charge in [-0.1, -0.05) is 6.07 Å². The van der Waals surface area contributed by atoms with Gasteiger partial charge in [-0.2, -0.15) is 0 Å². The van der Waals surface area contributed by atoms with E-state index < -0.39 is 23.4 Å². The first-order valence-electron chi connectivity index (χ1n) is 7.61. The van der Waals surface area contributed by atoms with Gasteiger partial charge in [0.25, 0.3) is 0 Å². The summed E-state index contributed by atoms with van der Waals surface area (Å²) in [5.74, 6) is -3.81. The van der Waals surface area contributed by atoms with Crippen LogP contribution in [0.5, 0.6) is 0 Å². The zero-order valence-corrected chi connectivity index (χ0v) is 12.7. The SMILES string of the molecule is O=C1CC[C@@H](C(=O)CCc2c(F)cc(F)cc2F)c2cccnc21. The van der Waals surface area contributed by atoms with Gasteiger partial charge in [0.05, 0.1) is 0 Å². The summed E-state index contributed by atoms with van der Waals surface area (Å²) >= 11 is 0. The molecule has 6 heteroatoms. The van der Waals surface area contributed by atoms with E-state index in [2.05, 4.69) is 4.98 Å². The van der Waals surface area contributed by atoms with Crippen LogP contribution in [-0.2, 0) is 11.2 Å². The lowest BCUT2D eigenvalue weighted by Crippen LogP contribution is -2.23. The molecule has 0 spiro atoms. The van der Waals surface area contributed by atoms with Crippen molar-refractivity contribution in [1.82, 2.24) is 4.98 Å². The number of hydrogen-bond acceptors (Lipinski definition) is 3. The van der Waals surface area contributed by atoms with Crippen molar-refractivity contribution in [2.24, 2.45) is 0 Å². The van der Waals surface area contributed by atoms with Gasteiger partial charge >= 0.3 is 0 Å². The van der Waals surface area contributed by atoms with Gasteiger partial charge in [0.15, 0.2) is 5.78 Å². The summed E-state index contributed by atoms with van der Waals surface area (Å²) in [6.45, 7) is 0. The number of pyridine rings is 1. The van der Waals surface area contributed by atoms with E-state index in [1.165, 1.54) is 6.20 Å². The largest absolute Gasteiger partial charge is 0.299 e. The third-order valence-corrected chi connectivity index (χ3v) is 4.25. The van der Waals surface area contributed by atoms with Crippen molar-refractivity contribution in [2.45, 2.75) is 31.6 Å². The predicted molar refractivity (Wildman–Crippen MR) is 80.2 cm³/mol. The lowest BCUT2D eigenvalue weighted by molar-refractivity contribution is -0.120. The van der Waals surface area contributed by atoms with Crippen molar-refractivity contribution < 1.29 is 22.8 Å². The van der Waals surface area contributed by atoms with Crippen molar-refractivity contribution >= 4 is 11.6 Å². The van der Waals surface area contributed by atoms with Crippen molar-refractivity contribution in [3.8, 4) is 0 Å². The molecular formula is C18H14F3NO2. The Kier molecular flexibility index (Phi) is 4.46. The average Bonchev–Trinajstić information content (AvgIpc) is 2.54. The van der Waals surface area contributed by atoms with Gasteiger partial charge in [0, 0.05) is 42.7 Å². The fourth-order valence-electron chi connectivity index (χ4n) is 3.05. The fraction of sp³-hybridized carbons (Fsp3) is 0.278. The molecule has 3 rings (SSSR count). The lowest BCUT2D eigenvalue weighted by Gasteiger charge is -2.22. The first-order chi connectivity index (χ1) is 11.5. The Bertz CT molecular complexity index is 797. The van der Waals surface area contributed by atoms with Gasteiger partial charge < -0.3 is 0 Å². The molecule has 1 atom stereocenters.